The zero-order valence-electron chi connectivity index (χ0n) is 22.9. The topological polar surface area (TPSA) is 119 Å². The highest BCUT2D eigenvalue weighted by Crippen LogP contribution is 2.42. The Morgan fingerprint density at radius 1 is 1.03 bits per heavy atom. The number of hydrogen-bond donors (Lipinski definition) is 4. The Morgan fingerprint density at radius 3 is 2.50 bits per heavy atom. The maximum Gasteiger partial charge on any atom is 0.200 e. The van der Waals surface area contributed by atoms with Gasteiger partial charge in [-0.15, -0.1) is 0 Å². The van der Waals surface area contributed by atoms with Gasteiger partial charge >= 0.3 is 0 Å². The number of ether oxygens (including phenoxy) is 5. The minimum Gasteiger partial charge on any atom is -0.504 e. The Labute approximate surface area is 225 Å². The molecule has 2 aromatic carbocycles. The van der Waals surface area contributed by atoms with Crippen LogP contribution in [-0.2, 0) is 15.9 Å². The summed E-state index contributed by atoms with van der Waals surface area (Å²) in [5, 5.41) is 34.6. The van der Waals surface area contributed by atoms with Crippen LogP contribution >= 0.6 is 0 Å². The summed E-state index contributed by atoms with van der Waals surface area (Å²) in [6.45, 7) is 3.91. The zero-order chi connectivity index (χ0) is 27.5. The van der Waals surface area contributed by atoms with E-state index in [2.05, 4.69) is 5.32 Å². The highest BCUT2D eigenvalue weighted by atomic mass is 16.5. The zero-order valence-corrected chi connectivity index (χ0v) is 22.9. The standard InChI is InChI=1S/C29H43NO8/c1-5-30-21(7-6-12-34-2)18-37-28-15-20(14-27(36-4)29(28)33)25-17-22(31)16-23(38-25)10-8-19-9-11-24(32)26(13-19)35-3/h9,11,13-15,21-23,25,30-33H,5-8,10,12,16-18H2,1-4H3/t21-,22+,23+,25-/m1/s1. The molecule has 38 heavy (non-hydrogen) atoms. The van der Waals surface area contributed by atoms with Gasteiger partial charge in [-0.3, -0.25) is 0 Å². The van der Waals surface area contributed by atoms with Crippen molar-refractivity contribution in [2.45, 2.75) is 69.8 Å². The van der Waals surface area contributed by atoms with Crippen molar-refractivity contribution in [3.63, 3.8) is 0 Å². The first-order valence-corrected chi connectivity index (χ1v) is 13.3. The third kappa shape index (κ3) is 8.39. The van der Waals surface area contributed by atoms with Gasteiger partial charge < -0.3 is 44.3 Å². The monoisotopic (exact) mass is 533 g/mol. The van der Waals surface area contributed by atoms with Crippen LogP contribution in [0.1, 0.15) is 56.3 Å². The summed E-state index contributed by atoms with van der Waals surface area (Å²) < 4.78 is 28.3. The van der Waals surface area contributed by atoms with E-state index in [1.807, 2.05) is 19.1 Å². The van der Waals surface area contributed by atoms with E-state index in [4.69, 9.17) is 23.7 Å². The molecule has 9 heteroatoms. The summed E-state index contributed by atoms with van der Waals surface area (Å²) in [6.07, 6.45) is 3.12. The molecule has 1 aliphatic rings. The fourth-order valence-electron chi connectivity index (χ4n) is 4.85. The molecule has 4 N–H and O–H groups in total. The van der Waals surface area contributed by atoms with Crippen LogP contribution in [-0.4, -0.2) is 74.7 Å². The van der Waals surface area contributed by atoms with Crippen LogP contribution in [0.2, 0.25) is 0 Å². The number of benzene rings is 2. The maximum atomic E-state index is 10.7. The largest absolute Gasteiger partial charge is 0.504 e. The number of nitrogens with one attached hydrogen (secondary N) is 1. The first-order valence-electron chi connectivity index (χ1n) is 13.3. The number of likely N-dealkylation sites (N-methyl/N-ethyl adjacent to an activating group) is 1. The molecule has 0 bridgehead atoms. The predicted octanol–water partition coefficient (Wildman–Crippen LogP) is 4.11. The van der Waals surface area contributed by atoms with Gasteiger partial charge in [0.05, 0.1) is 32.5 Å². The molecular weight excluding hydrogens is 490 g/mol. The van der Waals surface area contributed by atoms with Crippen molar-refractivity contribution in [1.29, 1.82) is 0 Å². The highest BCUT2D eigenvalue weighted by molar-refractivity contribution is 5.53. The molecule has 0 saturated carbocycles. The first kappa shape index (κ1) is 29.8. The number of aryl methyl sites for hydroxylation is 1. The Hall–Kier alpha value is -2.72. The number of methoxy groups -OCH3 is 3. The van der Waals surface area contributed by atoms with Crippen molar-refractivity contribution in [1.82, 2.24) is 5.32 Å². The molecule has 0 aromatic heterocycles. The lowest BCUT2D eigenvalue weighted by Crippen LogP contribution is -2.34. The van der Waals surface area contributed by atoms with Crippen molar-refractivity contribution in [3.05, 3.63) is 41.5 Å². The molecule has 3 rings (SSSR count). The lowest BCUT2D eigenvalue weighted by atomic mass is 9.93. The molecule has 4 atom stereocenters. The van der Waals surface area contributed by atoms with Gasteiger partial charge in [-0.25, -0.2) is 0 Å². The van der Waals surface area contributed by atoms with E-state index in [9.17, 15) is 15.3 Å². The number of rotatable bonds is 15. The molecule has 1 heterocycles. The molecule has 0 unspecified atom stereocenters. The molecule has 0 amide bonds. The second-order valence-corrected chi connectivity index (χ2v) is 9.69. The van der Waals surface area contributed by atoms with Gasteiger partial charge in [0.15, 0.2) is 23.0 Å². The van der Waals surface area contributed by atoms with Crippen LogP contribution in [0.25, 0.3) is 0 Å². The minimum atomic E-state index is -0.517. The summed E-state index contributed by atoms with van der Waals surface area (Å²) in [5.41, 5.74) is 1.80. The fraction of sp³-hybridized carbons (Fsp3) is 0.586. The van der Waals surface area contributed by atoms with Gasteiger partial charge in [0, 0.05) is 26.2 Å². The number of phenolic OH excluding ortho intramolecular Hbond substituents is 2. The van der Waals surface area contributed by atoms with E-state index in [0.717, 1.165) is 30.5 Å². The van der Waals surface area contributed by atoms with Crippen LogP contribution < -0.4 is 19.5 Å². The van der Waals surface area contributed by atoms with Crippen LogP contribution in [0.15, 0.2) is 30.3 Å². The molecule has 0 radical (unpaired) electrons. The molecule has 212 valence electrons. The first-order chi connectivity index (χ1) is 18.4. The van der Waals surface area contributed by atoms with Gasteiger partial charge in [-0.05, 0) is 74.0 Å². The molecule has 1 saturated heterocycles. The molecule has 1 fully saturated rings. The van der Waals surface area contributed by atoms with Crippen LogP contribution in [0, 0.1) is 0 Å². The minimum absolute atomic E-state index is 0.0578. The van der Waals surface area contributed by atoms with Crippen molar-refractivity contribution in [2.75, 3.05) is 41.1 Å². The van der Waals surface area contributed by atoms with E-state index >= 15 is 0 Å². The van der Waals surface area contributed by atoms with Crippen molar-refractivity contribution >= 4 is 0 Å². The summed E-state index contributed by atoms with van der Waals surface area (Å²) in [6, 6.07) is 8.93. The number of aliphatic hydroxyl groups excluding tert-OH is 1. The lowest BCUT2D eigenvalue weighted by molar-refractivity contribution is -0.0999. The predicted molar refractivity (Wildman–Crippen MR) is 145 cm³/mol. The van der Waals surface area contributed by atoms with Gasteiger partial charge in [0.1, 0.15) is 6.61 Å². The highest BCUT2D eigenvalue weighted by Gasteiger charge is 2.31. The summed E-state index contributed by atoms with van der Waals surface area (Å²) >= 11 is 0. The molecule has 1 aliphatic heterocycles. The SMILES string of the molecule is CCN[C@H](CCCOC)COc1cc([C@H]2C[C@@H](O)C[C@H](CCc3ccc(O)c(OC)c3)O2)cc(OC)c1O. The molecule has 2 aromatic rings. The van der Waals surface area contributed by atoms with Gasteiger partial charge in [0.2, 0.25) is 5.75 Å². The second-order valence-electron chi connectivity index (χ2n) is 9.69. The number of aromatic hydroxyl groups is 2. The molecule has 0 spiro atoms. The average Bonchev–Trinajstić information content (AvgIpc) is 2.91. The molecule has 0 aliphatic carbocycles. The van der Waals surface area contributed by atoms with E-state index in [1.165, 1.54) is 14.2 Å². The Balaban J connectivity index is 1.70. The van der Waals surface area contributed by atoms with E-state index in [-0.39, 0.29) is 29.7 Å². The third-order valence-corrected chi connectivity index (χ3v) is 6.86. The Bertz CT molecular complexity index is 1000. The van der Waals surface area contributed by atoms with Gasteiger partial charge in [-0.1, -0.05) is 13.0 Å². The normalized spacial score (nSPS) is 20.2. The van der Waals surface area contributed by atoms with Crippen LogP contribution in [0.3, 0.4) is 0 Å². The lowest BCUT2D eigenvalue weighted by Gasteiger charge is -2.34. The Morgan fingerprint density at radius 2 is 1.79 bits per heavy atom. The van der Waals surface area contributed by atoms with Crippen molar-refractivity contribution in [3.8, 4) is 28.7 Å². The summed E-state index contributed by atoms with van der Waals surface area (Å²) in [4.78, 5) is 0. The second kappa shape index (κ2) is 15.0. The molecule has 9 nitrogen and oxygen atoms in total. The van der Waals surface area contributed by atoms with Crippen molar-refractivity contribution < 1.29 is 39.0 Å². The molecular formula is C29H43NO8. The summed E-state index contributed by atoms with van der Waals surface area (Å²) in [7, 11) is 4.71. The van der Waals surface area contributed by atoms with E-state index < -0.39 is 6.10 Å². The average molecular weight is 534 g/mol. The van der Waals surface area contributed by atoms with E-state index in [0.29, 0.717) is 56.1 Å². The summed E-state index contributed by atoms with van der Waals surface area (Å²) in [5.74, 6) is 1.10. The third-order valence-electron chi connectivity index (χ3n) is 6.86. The van der Waals surface area contributed by atoms with Gasteiger partial charge in [0.25, 0.3) is 0 Å². The van der Waals surface area contributed by atoms with E-state index in [1.54, 1.807) is 25.3 Å². The quantitative estimate of drug-likeness (QED) is 0.251. The smallest absolute Gasteiger partial charge is 0.200 e. The van der Waals surface area contributed by atoms with Gasteiger partial charge in [-0.2, -0.15) is 0 Å². The van der Waals surface area contributed by atoms with Crippen molar-refractivity contribution in [2.24, 2.45) is 0 Å². The Kier molecular flexibility index (Phi) is 11.8. The van der Waals surface area contributed by atoms with Crippen LogP contribution in [0.5, 0.6) is 28.7 Å². The number of hydrogen-bond acceptors (Lipinski definition) is 9. The number of phenols is 2. The maximum absolute atomic E-state index is 10.7. The van der Waals surface area contributed by atoms with Crippen LogP contribution in [0.4, 0.5) is 0 Å². The fourth-order valence-corrected chi connectivity index (χ4v) is 4.85. The number of aliphatic hydroxyl groups is 1.